The average Bonchev–Trinajstić information content (AvgIpc) is 3.13. The molecule has 2 heterocycles. The fourth-order valence-electron chi connectivity index (χ4n) is 3.90. The number of nitrogens with one attached hydrogen (secondary N) is 2. The molecule has 1 saturated carbocycles. The van der Waals surface area contributed by atoms with Crippen LogP contribution in [-0.4, -0.2) is 32.3 Å². The molecular formula is C22H26N4O4S. The molecule has 0 unspecified atom stereocenters. The Kier molecular flexibility index (Phi) is 5.70. The summed E-state index contributed by atoms with van der Waals surface area (Å²) in [6, 6.07) is 9.34. The number of amides is 1. The standard InChI is InChI=1S/C22H26N4O4S/c1-22(2,3)30-21(29)23-14-9-11-15(12-10-14)26-19(27)16-17(25-20(26)28)24-18(31-16)13-7-5-4-6-8-13/h4-8,14-15H,9-12H2,1-3H3,(H,23,29)(H,25,28). The van der Waals surface area contributed by atoms with E-state index in [1.54, 1.807) is 0 Å². The predicted molar refractivity (Wildman–Crippen MR) is 121 cm³/mol. The molecule has 31 heavy (non-hydrogen) atoms. The second-order valence-corrected chi connectivity index (χ2v) is 9.82. The van der Waals surface area contributed by atoms with Gasteiger partial charge in [0.1, 0.15) is 15.3 Å². The Bertz CT molecular complexity index is 1200. The monoisotopic (exact) mass is 442 g/mol. The summed E-state index contributed by atoms with van der Waals surface area (Å²) < 4.78 is 7.08. The molecule has 2 N–H and O–H groups in total. The SMILES string of the molecule is CC(C)(C)OC(=O)NC1CCC(n2c(=O)[nH]c3nc(-c4ccccc4)sc3c2=O)CC1. The topological polar surface area (TPSA) is 106 Å². The van der Waals surface area contributed by atoms with E-state index < -0.39 is 17.4 Å². The van der Waals surface area contributed by atoms with Gasteiger partial charge >= 0.3 is 11.8 Å². The molecule has 3 aromatic rings. The molecule has 0 aliphatic heterocycles. The van der Waals surface area contributed by atoms with Crippen molar-refractivity contribution >= 4 is 27.8 Å². The number of benzene rings is 1. The number of fused-ring (bicyclic) bond motifs is 1. The van der Waals surface area contributed by atoms with Gasteiger partial charge in [-0.1, -0.05) is 30.3 Å². The first-order valence-corrected chi connectivity index (χ1v) is 11.2. The fraction of sp³-hybridized carbons (Fsp3) is 0.455. The van der Waals surface area contributed by atoms with Gasteiger partial charge in [0.2, 0.25) is 0 Å². The molecule has 9 heteroatoms. The molecule has 1 amide bonds. The van der Waals surface area contributed by atoms with E-state index in [1.165, 1.54) is 15.9 Å². The summed E-state index contributed by atoms with van der Waals surface area (Å²) in [5.41, 5.74) is -0.0578. The molecule has 1 fully saturated rings. The van der Waals surface area contributed by atoms with E-state index in [-0.39, 0.29) is 17.6 Å². The third-order valence-electron chi connectivity index (χ3n) is 5.29. The largest absolute Gasteiger partial charge is 0.444 e. The minimum atomic E-state index is -0.551. The molecule has 1 aromatic carbocycles. The maximum atomic E-state index is 13.1. The van der Waals surface area contributed by atoms with Crippen molar-refractivity contribution in [2.45, 2.75) is 64.1 Å². The first-order valence-electron chi connectivity index (χ1n) is 10.4. The van der Waals surface area contributed by atoms with E-state index in [0.29, 0.717) is 41.0 Å². The Morgan fingerprint density at radius 2 is 1.84 bits per heavy atom. The summed E-state index contributed by atoms with van der Waals surface area (Å²) in [5.74, 6) is 0. The number of aromatic amines is 1. The molecule has 1 aliphatic carbocycles. The van der Waals surface area contributed by atoms with Crippen molar-refractivity contribution in [1.29, 1.82) is 0 Å². The third kappa shape index (κ3) is 4.71. The van der Waals surface area contributed by atoms with Crippen LogP contribution in [0.1, 0.15) is 52.5 Å². The molecule has 8 nitrogen and oxygen atoms in total. The first kappa shape index (κ1) is 21.3. The van der Waals surface area contributed by atoms with E-state index in [4.69, 9.17) is 4.74 Å². The van der Waals surface area contributed by atoms with Gasteiger partial charge in [0.05, 0.1) is 0 Å². The lowest BCUT2D eigenvalue weighted by Crippen LogP contribution is -2.44. The number of thiazole rings is 1. The smallest absolute Gasteiger partial charge is 0.407 e. The molecule has 0 atom stereocenters. The molecule has 4 rings (SSSR count). The molecule has 2 aromatic heterocycles. The highest BCUT2D eigenvalue weighted by Gasteiger charge is 2.28. The van der Waals surface area contributed by atoms with Crippen molar-refractivity contribution in [3.63, 3.8) is 0 Å². The zero-order chi connectivity index (χ0) is 22.2. The minimum Gasteiger partial charge on any atom is -0.444 e. The molecule has 0 saturated heterocycles. The van der Waals surface area contributed by atoms with Crippen LogP contribution >= 0.6 is 11.3 Å². The highest BCUT2D eigenvalue weighted by molar-refractivity contribution is 7.21. The summed E-state index contributed by atoms with van der Waals surface area (Å²) in [6.45, 7) is 5.46. The zero-order valence-electron chi connectivity index (χ0n) is 17.8. The molecular weight excluding hydrogens is 416 g/mol. The van der Waals surface area contributed by atoms with Crippen molar-refractivity contribution in [1.82, 2.24) is 19.9 Å². The number of hydrogen-bond donors (Lipinski definition) is 2. The number of carbonyl (C=O) groups is 1. The number of ether oxygens (including phenoxy) is 1. The van der Waals surface area contributed by atoms with E-state index in [1.807, 2.05) is 51.1 Å². The summed E-state index contributed by atoms with van der Waals surface area (Å²) in [6.07, 6.45) is 2.15. The Labute approximate surface area is 183 Å². The zero-order valence-corrected chi connectivity index (χ0v) is 18.6. The molecule has 1 aliphatic rings. The number of hydrogen-bond acceptors (Lipinski definition) is 6. The van der Waals surface area contributed by atoms with Gasteiger partial charge in [-0.3, -0.25) is 14.3 Å². The van der Waals surface area contributed by atoms with Crippen molar-refractivity contribution in [2.75, 3.05) is 0 Å². The van der Waals surface area contributed by atoms with Crippen LogP contribution in [0.2, 0.25) is 0 Å². The van der Waals surface area contributed by atoms with E-state index >= 15 is 0 Å². The van der Waals surface area contributed by atoms with Gasteiger partial charge in [0.25, 0.3) is 5.56 Å². The summed E-state index contributed by atoms with van der Waals surface area (Å²) >= 11 is 1.29. The number of nitrogens with zero attached hydrogens (tertiary/aromatic N) is 2. The van der Waals surface area contributed by atoms with Crippen LogP contribution in [0, 0.1) is 0 Å². The third-order valence-corrected chi connectivity index (χ3v) is 6.38. The van der Waals surface area contributed by atoms with E-state index in [0.717, 1.165) is 5.56 Å². The maximum absolute atomic E-state index is 13.1. The first-order chi connectivity index (χ1) is 14.7. The van der Waals surface area contributed by atoms with Gasteiger partial charge < -0.3 is 10.1 Å². The Morgan fingerprint density at radius 3 is 2.48 bits per heavy atom. The Morgan fingerprint density at radius 1 is 1.16 bits per heavy atom. The maximum Gasteiger partial charge on any atom is 0.407 e. The number of carbonyl (C=O) groups excluding carboxylic acids is 1. The molecule has 0 spiro atoms. The van der Waals surface area contributed by atoms with Crippen LogP contribution in [-0.2, 0) is 4.74 Å². The Hall–Kier alpha value is -2.94. The lowest BCUT2D eigenvalue weighted by atomic mass is 9.91. The lowest BCUT2D eigenvalue weighted by Gasteiger charge is -2.30. The fourth-order valence-corrected chi connectivity index (χ4v) is 4.86. The van der Waals surface area contributed by atoms with Crippen LogP contribution in [0.3, 0.4) is 0 Å². The second-order valence-electron chi connectivity index (χ2n) is 8.82. The minimum absolute atomic E-state index is 0.0299. The van der Waals surface area contributed by atoms with Crippen LogP contribution in [0.15, 0.2) is 39.9 Å². The summed E-state index contributed by atoms with van der Waals surface area (Å²) in [5, 5.41) is 3.59. The van der Waals surface area contributed by atoms with Crippen LogP contribution in [0.5, 0.6) is 0 Å². The van der Waals surface area contributed by atoms with Crippen LogP contribution in [0.25, 0.3) is 20.9 Å². The van der Waals surface area contributed by atoms with Crippen LogP contribution < -0.4 is 16.6 Å². The average molecular weight is 443 g/mol. The predicted octanol–water partition coefficient (Wildman–Crippen LogP) is 3.82. The summed E-state index contributed by atoms with van der Waals surface area (Å²) in [7, 11) is 0. The van der Waals surface area contributed by atoms with Gasteiger partial charge in [-0.25, -0.2) is 14.6 Å². The second kappa shape index (κ2) is 8.30. The Balaban J connectivity index is 1.52. The van der Waals surface area contributed by atoms with Crippen molar-refractivity contribution in [3.8, 4) is 10.6 Å². The number of rotatable bonds is 3. The lowest BCUT2D eigenvalue weighted by molar-refractivity contribution is 0.0487. The van der Waals surface area contributed by atoms with Gasteiger partial charge in [-0.2, -0.15) is 0 Å². The van der Waals surface area contributed by atoms with Gasteiger partial charge in [0.15, 0.2) is 5.65 Å². The highest BCUT2D eigenvalue weighted by Crippen LogP contribution is 2.29. The molecule has 0 radical (unpaired) electrons. The van der Waals surface area contributed by atoms with E-state index in [9.17, 15) is 14.4 Å². The molecule has 164 valence electrons. The van der Waals surface area contributed by atoms with Crippen molar-refractivity contribution < 1.29 is 9.53 Å². The number of H-pyrrole nitrogens is 1. The van der Waals surface area contributed by atoms with Crippen molar-refractivity contribution in [2.24, 2.45) is 0 Å². The van der Waals surface area contributed by atoms with Gasteiger partial charge in [-0.15, -0.1) is 11.3 Å². The van der Waals surface area contributed by atoms with Crippen molar-refractivity contribution in [3.05, 3.63) is 51.2 Å². The highest BCUT2D eigenvalue weighted by atomic mass is 32.1. The van der Waals surface area contributed by atoms with E-state index in [2.05, 4.69) is 15.3 Å². The summed E-state index contributed by atoms with van der Waals surface area (Å²) in [4.78, 5) is 45.1. The quantitative estimate of drug-likeness (QED) is 0.641. The van der Waals surface area contributed by atoms with Crippen LogP contribution in [0.4, 0.5) is 4.79 Å². The van der Waals surface area contributed by atoms with Gasteiger partial charge in [0, 0.05) is 17.6 Å². The number of alkyl carbamates (subject to hydrolysis) is 1. The molecule has 0 bridgehead atoms. The normalized spacial score (nSPS) is 19.3. The van der Waals surface area contributed by atoms with Gasteiger partial charge in [-0.05, 0) is 46.5 Å². The number of aromatic nitrogens is 3.